The van der Waals surface area contributed by atoms with Crippen LogP contribution in [0.4, 0.5) is 0 Å². The Balaban J connectivity index is 2.00. The lowest BCUT2D eigenvalue weighted by Crippen LogP contribution is -2.35. The Morgan fingerprint density at radius 1 is 1.18 bits per heavy atom. The molecule has 0 bridgehead atoms. The molecule has 3 rings (SSSR count). The van der Waals surface area contributed by atoms with Crippen LogP contribution in [0, 0.1) is 20.8 Å². The van der Waals surface area contributed by atoms with Crippen LogP contribution in [0.3, 0.4) is 0 Å². The molecule has 0 aliphatic carbocycles. The van der Waals surface area contributed by atoms with Crippen LogP contribution < -0.4 is 0 Å². The van der Waals surface area contributed by atoms with E-state index in [1.165, 1.54) is 11.3 Å². The zero-order chi connectivity index (χ0) is 15.9. The molecule has 1 aliphatic rings. The van der Waals surface area contributed by atoms with Crippen molar-refractivity contribution in [3.8, 4) is 10.6 Å². The van der Waals surface area contributed by atoms with E-state index in [9.17, 15) is 8.42 Å². The summed E-state index contributed by atoms with van der Waals surface area (Å²) in [4.78, 5) is 2.03. The van der Waals surface area contributed by atoms with Crippen molar-refractivity contribution in [1.82, 2.24) is 9.46 Å². The second-order valence-corrected chi connectivity index (χ2v) is 8.88. The number of hydrogen-bond acceptors (Lipinski definition) is 5. The van der Waals surface area contributed by atoms with Gasteiger partial charge in [0.1, 0.15) is 0 Å². The Bertz CT molecular complexity index is 784. The molecule has 22 heavy (non-hydrogen) atoms. The molecule has 0 N–H and O–H groups in total. The molecular formula is C15H20N2O3S2. The quantitative estimate of drug-likeness (QED) is 0.858. The minimum atomic E-state index is -3.40. The van der Waals surface area contributed by atoms with Gasteiger partial charge in [0.25, 0.3) is 0 Å². The van der Waals surface area contributed by atoms with E-state index in [2.05, 4.69) is 5.16 Å². The minimum Gasteiger partial charge on any atom is -0.355 e. The van der Waals surface area contributed by atoms with E-state index in [0.29, 0.717) is 23.7 Å². The lowest BCUT2D eigenvalue weighted by Gasteiger charge is -2.25. The molecule has 0 radical (unpaired) electrons. The maximum Gasteiger partial charge on any atom is 0.244 e. The summed E-state index contributed by atoms with van der Waals surface area (Å²) in [7, 11) is -3.40. The Hall–Kier alpha value is -1.18. The van der Waals surface area contributed by atoms with E-state index < -0.39 is 10.0 Å². The first-order valence-corrected chi connectivity index (χ1v) is 9.70. The normalized spacial score (nSPS) is 17.0. The van der Waals surface area contributed by atoms with Gasteiger partial charge in [-0.2, -0.15) is 4.31 Å². The molecule has 2 aromatic heterocycles. The summed E-state index contributed by atoms with van der Waals surface area (Å²) >= 11 is 1.45. The molecule has 0 unspecified atom stereocenters. The summed E-state index contributed by atoms with van der Waals surface area (Å²) in [5.74, 6) is 0.672. The number of nitrogens with zero attached hydrogens (tertiary/aromatic N) is 2. The fourth-order valence-corrected chi connectivity index (χ4v) is 5.83. The summed E-state index contributed by atoms with van der Waals surface area (Å²) < 4.78 is 32.6. The van der Waals surface area contributed by atoms with Gasteiger partial charge in [-0.05, 0) is 39.7 Å². The van der Waals surface area contributed by atoms with E-state index in [1.54, 1.807) is 10.4 Å². The van der Waals surface area contributed by atoms with Crippen molar-refractivity contribution in [2.75, 3.05) is 13.1 Å². The summed E-state index contributed by atoms with van der Waals surface area (Å²) in [6, 6.07) is 1.73. The first-order chi connectivity index (χ1) is 10.4. The third-order valence-electron chi connectivity index (χ3n) is 4.19. The molecule has 2 aromatic rings. The van der Waals surface area contributed by atoms with Gasteiger partial charge in [-0.25, -0.2) is 8.42 Å². The highest BCUT2D eigenvalue weighted by Crippen LogP contribution is 2.37. The van der Waals surface area contributed by atoms with Crippen LogP contribution in [-0.4, -0.2) is 31.0 Å². The minimum absolute atomic E-state index is 0.405. The number of piperidine rings is 1. The lowest BCUT2D eigenvalue weighted by molar-refractivity contribution is 0.346. The van der Waals surface area contributed by atoms with Crippen molar-refractivity contribution in [3.63, 3.8) is 0 Å². The molecule has 0 amide bonds. The molecule has 1 fully saturated rings. The molecule has 0 spiro atoms. The van der Waals surface area contributed by atoms with Crippen LogP contribution in [0.15, 0.2) is 15.5 Å². The Morgan fingerprint density at radius 2 is 1.86 bits per heavy atom. The number of rotatable bonds is 3. The largest absolute Gasteiger partial charge is 0.355 e. The second kappa shape index (κ2) is 5.79. The third kappa shape index (κ3) is 2.61. The molecule has 3 heterocycles. The number of sulfonamides is 1. The molecule has 5 nitrogen and oxygen atoms in total. The summed E-state index contributed by atoms with van der Waals surface area (Å²) in [5, 5.41) is 3.96. The predicted molar refractivity (Wildman–Crippen MR) is 86.6 cm³/mol. The Kier molecular flexibility index (Phi) is 4.13. The summed E-state index contributed by atoms with van der Waals surface area (Å²) in [5.41, 5.74) is 1.80. The van der Waals surface area contributed by atoms with E-state index in [1.807, 2.05) is 20.8 Å². The Labute approximate surface area is 135 Å². The van der Waals surface area contributed by atoms with Crippen molar-refractivity contribution >= 4 is 21.4 Å². The highest BCUT2D eigenvalue weighted by Gasteiger charge is 2.29. The average molecular weight is 340 g/mol. The molecule has 1 saturated heterocycles. The molecule has 1 aliphatic heterocycles. The number of aryl methyl sites for hydroxylation is 2. The summed E-state index contributed by atoms with van der Waals surface area (Å²) in [6.45, 7) is 6.91. The second-order valence-electron chi connectivity index (χ2n) is 5.72. The van der Waals surface area contributed by atoms with Gasteiger partial charge >= 0.3 is 0 Å². The number of thiophene rings is 1. The van der Waals surface area contributed by atoms with Crippen molar-refractivity contribution in [1.29, 1.82) is 0 Å². The zero-order valence-corrected chi connectivity index (χ0v) is 14.7. The van der Waals surface area contributed by atoms with Gasteiger partial charge in [0.2, 0.25) is 10.0 Å². The summed E-state index contributed by atoms with van der Waals surface area (Å²) in [6.07, 6.45) is 2.99. The van der Waals surface area contributed by atoms with Gasteiger partial charge < -0.3 is 4.52 Å². The Morgan fingerprint density at radius 3 is 2.45 bits per heavy atom. The van der Waals surface area contributed by atoms with E-state index >= 15 is 0 Å². The monoisotopic (exact) mass is 340 g/mol. The average Bonchev–Trinajstić information content (AvgIpc) is 3.04. The molecule has 7 heteroatoms. The molecule has 0 atom stereocenters. The molecule has 0 saturated carbocycles. The van der Waals surface area contributed by atoms with Crippen molar-refractivity contribution < 1.29 is 12.9 Å². The maximum atomic E-state index is 12.8. The first-order valence-electron chi connectivity index (χ1n) is 7.45. The highest BCUT2D eigenvalue weighted by molar-refractivity contribution is 7.89. The maximum absolute atomic E-state index is 12.8. The molecule has 0 aromatic carbocycles. The van der Waals surface area contributed by atoms with Gasteiger partial charge in [-0.15, -0.1) is 11.3 Å². The van der Waals surface area contributed by atoms with Crippen LogP contribution in [0.25, 0.3) is 10.6 Å². The van der Waals surface area contributed by atoms with Gasteiger partial charge in [0.05, 0.1) is 15.5 Å². The van der Waals surface area contributed by atoms with Crippen LogP contribution in [0.1, 0.15) is 35.4 Å². The van der Waals surface area contributed by atoms with E-state index in [-0.39, 0.29) is 0 Å². The highest BCUT2D eigenvalue weighted by atomic mass is 32.2. The fourth-order valence-electron chi connectivity index (χ4n) is 2.72. The predicted octanol–water partition coefficient (Wildman–Crippen LogP) is 3.50. The zero-order valence-electron chi connectivity index (χ0n) is 13.0. The standard InChI is InChI=1S/C15H20N2O3S2/c1-10-11(2)16-20-15(10)13-9-14(12(3)21-13)22(18,19)17-7-5-4-6-8-17/h9H,4-8H2,1-3H3. The third-order valence-corrected chi connectivity index (χ3v) is 7.39. The van der Waals surface area contributed by atoms with Gasteiger partial charge in [-0.3, -0.25) is 0 Å². The van der Waals surface area contributed by atoms with E-state index in [0.717, 1.165) is 40.3 Å². The lowest BCUT2D eigenvalue weighted by atomic mass is 10.2. The van der Waals surface area contributed by atoms with Gasteiger partial charge in [-0.1, -0.05) is 11.6 Å². The van der Waals surface area contributed by atoms with Crippen molar-refractivity contribution in [3.05, 3.63) is 22.2 Å². The van der Waals surface area contributed by atoms with Crippen molar-refractivity contribution in [2.24, 2.45) is 0 Å². The van der Waals surface area contributed by atoms with Gasteiger partial charge in [0.15, 0.2) is 5.76 Å². The molecular weight excluding hydrogens is 320 g/mol. The smallest absolute Gasteiger partial charge is 0.244 e. The van der Waals surface area contributed by atoms with E-state index in [4.69, 9.17) is 4.52 Å². The number of hydrogen-bond donors (Lipinski definition) is 0. The fraction of sp³-hybridized carbons (Fsp3) is 0.533. The SMILES string of the molecule is Cc1noc(-c2cc(S(=O)(=O)N3CCCCC3)c(C)s2)c1C. The number of aromatic nitrogens is 1. The van der Waals surface area contributed by atoms with Crippen LogP contribution >= 0.6 is 11.3 Å². The molecule has 120 valence electrons. The van der Waals surface area contributed by atoms with Gasteiger partial charge in [0, 0.05) is 23.5 Å². The topological polar surface area (TPSA) is 63.4 Å². The van der Waals surface area contributed by atoms with Crippen LogP contribution in [0.5, 0.6) is 0 Å². The first kappa shape index (κ1) is 15.7. The van der Waals surface area contributed by atoms with Crippen molar-refractivity contribution in [2.45, 2.75) is 44.9 Å². The van der Waals surface area contributed by atoms with Crippen LogP contribution in [-0.2, 0) is 10.0 Å². The van der Waals surface area contributed by atoms with Crippen LogP contribution in [0.2, 0.25) is 0 Å².